The van der Waals surface area contributed by atoms with Crippen molar-refractivity contribution >= 4 is 23.2 Å². The molecule has 0 atom stereocenters. The lowest BCUT2D eigenvalue weighted by Gasteiger charge is -2.13. The number of carbonyl (C=O) groups is 1. The number of ether oxygens (including phenoxy) is 1. The molecule has 0 radical (unpaired) electrons. The lowest BCUT2D eigenvalue weighted by atomic mass is 10.1. The molecule has 0 unspecified atom stereocenters. The molecule has 7 heteroatoms. The third kappa shape index (κ3) is 5.67. The lowest BCUT2D eigenvalue weighted by Crippen LogP contribution is -2.17. The molecule has 2 aromatic rings. The van der Waals surface area contributed by atoms with Crippen LogP contribution in [0.2, 0.25) is 5.02 Å². The van der Waals surface area contributed by atoms with Crippen LogP contribution < -0.4 is 10.1 Å². The van der Waals surface area contributed by atoms with Crippen molar-refractivity contribution in [1.29, 1.82) is 0 Å². The minimum Gasteiger partial charge on any atom is -0.494 e. The summed E-state index contributed by atoms with van der Waals surface area (Å²) >= 11 is 5.92. The average Bonchev–Trinajstić information content (AvgIpc) is 2.54. The van der Waals surface area contributed by atoms with Gasteiger partial charge in [0, 0.05) is 11.4 Å². The Bertz CT molecular complexity index is 747. The Labute approximate surface area is 148 Å². The van der Waals surface area contributed by atoms with E-state index in [-0.39, 0.29) is 18.7 Å². The van der Waals surface area contributed by atoms with E-state index in [1.54, 1.807) is 18.2 Å². The van der Waals surface area contributed by atoms with Crippen LogP contribution in [0, 0.1) is 6.92 Å². The largest absolute Gasteiger partial charge is 0.494 e. The van der Waals surface area contributed by atoms with Gasteiger partial charge in [0.25, 0.3) is 0 Å². The number of hydrogen-bond donors (Lipinski definition) is 1. The van der Waals surface area contributed by atoms with Crippen LogP contribution in [0.5, 0.6) is 5.75 Å². The second-order valence-electron chi connectivity index (χ2n) is 5.45. The van der Waals surface area contributed by atoms with Gasteiger partial charge in [-0.3, -0.25) is 4.79 Å². The fraction of sp³-hybridized carbons (Fsp3) is 0.278. The minimum atomic E-state index is -4.51. The first-order chi connectivity index (χ1) is 11.8. The first kappa shape index (κ1) is 19.1. The van der Waals surface area contributed by atoms with Crippen LogP contribution in [-0.4, -0.2) is 12.5 Å². The zero-order valence-corrected chi connectivity index (χ0v) is 14.2. The first-order valence-corrected chi connectivity index (χ1v) is 8.00. The highest BCUT2D eigenvalue weighted by Gasteiger charge is 2.33. The second kappa shape index (κ2) is 8.25. The van der Waals surface area contributed by atoms with Crippen molar-refractivity contribution in [3.8, 4) is 5.75 Å². The quantitative estimate of drug-likeness (QED) is 0.684. The number of carbonyl (C=O) groups excluding carboxylic acids is 1. The van der Waals surface area contributed by atoms with Crippen molar-refractivity contribution in [1.82, 2.24) is 0 Å². The number of anilines is 1. The fourth-order valence-electron chi connectivity index (χ4n) is 2.18. The maximum Gasteiger partial charge on any atom is 0.418 e. The van der Waals surface area contributed by atoms with Crippen LogP contribution in [0.15, 0.2) is 42.5 Å². The van der Waals surface area contributed by atoms with Crippen LogP contribution in [0.1, 0.15) is 24.0 Å². The Morgan fingerprint density at radius 2 is 1.92 bits per heavy atom. The summed E-state index contributed by atoms with van der Waals surface area (Å²) in [6, 6.07) is 10.1. The summed E-state index contributed by atoms with van der Waals surface area (Å²) < 4.78 is 44.1. The maximum absolute atomic E-state index is 12.9. The van der Waals surface area contributed by atoms with E-state index in [0.29, 0.717) is 17.2 Å². The highest BCUT2D eigenvalue weighted by Crippen LogP contribution is 2.34. The van der Waals surface area contributed by atoms with Gasteiger partial charge in [0.15, 0.2) is 0 Å². The summed E-state index contributed by atoms with van der Waals surface area (Å²) in [4.78, 5) is 11.9. The molecule has 25 heavy (non-hydrogen) atoms. The summed E-state index contributed by atoms with van der Waals surface area (Å²) in [6.45, 7) is 2.12. The molecule has 3 nitrogen and oxygen atoms in total. The third-order valence-corrected chi connectivity index (χ3v) is 3.88. The maximum atomic E-state index is 12.9. The molecule has 0 aliphatic carbocycles. The van der Waals surface area contributed by atoms with Gasteiger partial charge in [-0.2, -0.15) is 13.2 Å². The van der Waals surface area contributed by atoms with E-state index in [2.05, 4.69) is 5.32 Å². The van der Waals surface area contributed by atoms with Gasteiger partial charge in [-0.15, -0.1) is 0 Å². The summed E-state index contributed by atoms with van der Waals surface area (Å²) in [5, 5.41) is 2.93. The number of alkyl halides is 3. The molecule has 1 N–H and O–H groups in total. The topological polar surface area (TPSA) is 38.3 Å². The normalized spacial score (nSPS) is 11.2. The van der Waals surface area contributed by atoms with E-state index in [9.17, 15) is 18.0 Å². The van der Waals surface area contributed by atoms with Crippen molar-refractivity contribution in [3.63, 3.8) is 0 Å². The van der Waals surface area contributed by atoms with Gasteiger partial charge in [0.1, 0.15) is 5.75 Å². The highest BCUT2D eigenvalue weighted by molar-refractivity contribution is 6.31. The lowest BCUT2D eigenvalue weighted by molar-refractivity contribution is -0.137. The zero-order chi connectivity index (χ0) is 18.4. The molecule has 0 saturated heterocycles. The summed E-state index contributed by atoms with van der Waals surface area (Å²) in [5.41, 5.74) is -0.230. The van der Waals surface area contributed by atoms with Gasteiger partial charge in [-0.25, -0.2) is 0 Å². The Balaban J connectivity index is 1.82. The van der Waals surface area contributed by atoms with Crippen LogP contribution in [0.25, 0.3) is 0 Å². The zero-order valence-electron chi connectivity index (χ0n) is 13.5. The molecule has 0 saturated carbocycles. The van der Waals surface area contributed by atoms with E-state index >= 15 is 0 Å². The van der Waals surface area contributed by atoms with Crippen molar-refractivity contribution < 1.29 is 22.7 Å². The summed E-state index contributed by atoms with van der Waals surface area (Å²) in [6.07, 6.45) is -4.08. The summed E-state index contributed by atoms with van der Waals surface area (Å²) in [7, 11) is 0. The molecule has 2 rings (SSSR count). The molecule has 0 heterocycles. The van der Waals surface area contributed by atoms with Crippen molar-refractivity contribution in [2.24, 2.45) is 0 Å². The number of para-hydroxylation sites is 1. The van der Waals surface area contributed by atoms with Gasteiger partial charge in [0.2, 0.25) is 5.91 Å². The molecule has 0 spiro atoms. The van der Waals surface area contributed by atoms with E-state index < -0.39 is 17.6 Å². The molecule has 2 aromatic carbocycles. The minimum absolute atomic E-state index is 0.0543. The smallest absolute Gasteiger partial charge is 0.418 e. The van der Waals surface area contributed by atoms with Gasteiger partial charge in [-0.05, 0) is 49.2 Å². The predicted octanol–water partition coefficient (Wildman–Crippen LogP) is 5.46. The average molecular weight is 372 g/mol. The SMILES string of the molecule is Cc1cc(OCCCC(=O)Nc2ccccc2C(F)(F)F)ccc1Cl. The van der Waals surface area contributed by atoms with Crippen LogP contribution in [0.3, 0.4) is 0 Å². The number of nitrogens with one attached hydrogen (secondary N) is 1. The Morgan fingerprint density at radius 3 is 2.60 bits per heavy atom. The molecular weight excluding hydrogens is 355 g/mol. The van der Waals surface area contributed by atoms with Gasteiger partial charge < -0.3 is 10.1 Å². The van der Waals surface area contributed by atoms with Crippen LogP contribution in [-0.2, 0) is 11.0 Å². The molecule has 134 valence electrons. The van der Waals surface area contributed by atoms with Crippen LogP contribution >= 0.6 is 11.6 Å². The van der Waals surface area contributed by atoms with Crippen molar-refractivity contribution in [3.05, 3.63) is 58.6 Å². The Kier molecular flexibility index (Phi) is 6.31. The Morgan fingerprint density at radius 1 is 1.20 bits per heavy atom. The first-order valence-electron chi connectivity index (χ1n) is 7.62. The van der Waals surface area contributed by atoms with Gasteiger partial charge in [-0.1, -0.05) is 23.7 Å². The fourth-order valence-corrected chi connectivity index (χ4v) is 2.30. The van der Waals surface area contributed by atoms with Crippen LogP contribution in [0.4, 0.5) is 18.9 Å². The molecule has 0 aliphatic rings. The number of rotatable bonds is 6. The van der Waals surface area contributed by atoms with Crippen molar-refractivity contribution in [2.75, 3.05) is 11.9 Å². The van der Waals surface area contributed by atoms with Gasteiger partial charge >= 0.3 is 6.18 Å². The molecule has 0 aliphatic heterocycles. The molecule has 1 amide bonds. The molecule has 0 bridgehead atoms. The number of benzene rings is 2. The molecular formula is C18H17ClF3NO2. The monoisotopic (exact) mass is 371 g/mol. The van der Waals surface area contributed by atoms with E-state index in [1.807, 2.05) is 6.92 Å². The third-order valence-electron chi connectivity index (χ3n) is 3.45. The van der Waals surface area contributed by atoms with Gasteiger partial charge in [0.05, 0.1) is 17.9 Å². The van der Waals surface area contributed by atoms with E-state index in [0.717, 1.165) is 11.6 Å². The summed E-state index contributed by atoms with van der Waals surface area (Å²) in [5.74, 6) is 0.136. The number of hydrogen-bond acceptors (Lipinski definition) is 2. The van der Waals surface area contributed by atoms with Crippen molar-refractivity contribution in [2.45, 2.75) is 25.9 Å². The van der Waals surface area contributed by atoms with E-state index in [1.165, 1.54) is 18.2 Å². The predicted molar refractivity (Wildman–Crippen MR) is 91.0 cm³/mol. The van der Waals surface area contributed by atoms with E-state index in [4.69, 9.17) is 16.3 Å². The second-order valence-corrected chi connectivity index (χ2v) is 5.86. The highest BCUT2D eigenvalue weighted by atomic mass is 35.5. The number of amides is 1. The Hall–Kier alpha value is -2.21. The molecule has 0 fully saturated rings. The number of halogens is 4. The standard InChI is InChI=1S/C18H17ClF3NO2/c1-12-11-13(8-9-15(12)19)25-10-4-7-17(24)23-16-6-3-2-5-14(16)18(20,21)22/h2-3,5-6,8-9,11H,4,7,10H2,1H3,(H,23,24). The molecule has 0 aromatic heterocycles. The number of aryl methyl sites for hydroxylation is 1.